The standard InChI is InChI=1S/C15H16N4/c1-10-9-14(19(2)18-10)15(16)12-5-3-7-13-11(12)6-4-8-17-13/h3-9,15H,16H2,1-2H3. The third-order valence-corrected chi connectivity index (χ3v) is 3.37. The molecular formula is C15H16N4. The van der Waals surface area contributed by atoms with E-state index in [2.05, 4.69) is 22.2 Å². The Balaban J connectivity index is 2.16. The molecular weight excluding hydrogens is 236 g/mol. The van der Waals surface area contributed by atoms with Crippen LogP contribution in [0.15, 0.2) is 42.6 Å². The second-order valence-corrected chi connectivity index (χ2v) is 4.73. The molecule has 0 aliphatic heterocycles. The Morgan fingerprint density at radius 3 is 2.79 bits per heavy atom. The summed E-state index contributed by atoms with van der Waals surface area (Å²) in [6.07, 6.45) is 1.80. The van der Waals surface area contributed by atoms with Crippen LogP contribution in [-0.4, -0.2) is 14.8 Å². The van der Waals surface area contributed by atoms with Gasteiger partial charge in [0.15, 0.2) is 0 Å². The minimum Gasteiger partial charge on any atom is -0.319 e. The zero-order valence-electron chi connectivity index (χ0n) is 11.0. The van der Waals surface area contributed by atoms with Crippen molar-refractivity contribution in [1.29, 1.82) is 0 Å². The van der Waals surface area contributed by atoms with Crippen molar-refractivity contribution >= 4 is 10.9 Å². The Hall–Kier alpha value is -2.20. The van der Waals surface area contributed by atoms with Crippen LogP contribution in [0.1, 0.15) is 23.0 Å². The summed E-state index contributed by atoms with van der Waals surface area (Å²) in [6, 6.07) is 11.9. The molecule has 96 valence electrons. The molecule has 1 aromatic carbocycles. The highest BCUT2D eigenvalue weighted by Crippen LogP contribution is 2.26. The topological polar surface area (TPSA) is 56.7 Å². The molecule has 3 rings (SSSR count). The Bertz CT molecular complexity index is 725. The van der Waals surface area contributed by atoms with E-state index in [4.69, 9.17) is 5.73 Å². The lowest BCUT2D eigenvalue weighted by molar-refractivity contribution is 0.671. The molecule has 0 fully saturated rings. The van der Waals surface area contributed by atoms with Gasteiger partial charge in [-0.15, -0.1) is 0 Å². The molecule has 1 atom stereocenters. The van der Waals surface area contributed by atoms with Crippen molar-refractivity contribution in [2.45, 2.75) is 13.0 Å². The lowest BCUT2D eigenvalue weighted by Gasteiger charge is -2.14. The first-order valence-corrected chi connectivity index (χ1v) is 6.26. The Morgan fingerprint density at radius 1 is 1.21 bits per heavy atom. The first kappa shape index (κ1) is 11.9. The monoisotopic (exact) mass is 252 g/mol. The van der Waals surface area contributed by atoms with Crippen molar-refractivity contribution in [3.8, 4) is 0 Å². The molecule has 19 heavy (non-hydrogen) atoms. The molecule has 0 spiro atoms. The van der Waals surface area contributed by atoms with Crippen LogP contribution in [0.25, 0.3) is 10.9 Å². The molecule has 0 saturated carbocycles. The molecule has 0 radical (unpaired) electrons. The summed E-state index contributed by atoms with van der Waals surface area (Å²) in [7, 11) is 1.92. The van der Waals surface area contributed by atoms with E-state index in [0.29, 0.717) is 0 Å². The molecule has 0 amide bonds. The summed E-state index contributed by atoms with van der Waals surface area (Å²) in [5.74, 6) is 0. The highest BCUT2D eigenvalue weighted by Gasteiger charge is 2.16. The molecule has 2 aromatic heterocycles. The minimum atomic E-state index is -0.195. The van der Waals surface area contributed by atoms with E-state index in [9.17, 15) is 0 Å². The summed E-state index contributed by atoms with van der Waals surface area (Å²) in [5.41, 5.74) is 10.4. The number of aryl methyl sites for hydroxylation is 2. The number of hydrogen-bond donors (Lipinski definition) is 1. The molecule has 1 unspecified atom stereocenters. The van der Waals surface area contributed by atoms with E-state index in [1.807, 2.05) is 42.9 Å². The largest absolute Gasteiger partial charge is 0.319 e. The molecule has 3 aromatic rings. The normalized spacial score (nSPS) is 12.8. The molecule has 2 heterocycles. The van der Waals surface area contributed by atoms with E-state index in [0.717, 1.165) is 27.9 Å². The smallest absolute Gasteiger partial charge is 0.0729 e. The fraction of sp³-hybridized carbons (Fsp3) is 0.200. The van der Waals surface area contributed by atoms with Gasteiger partial charge in [0.2, 0.25) is 0 Å². The maximum Gasteiger partial charge on any atom is 0.0729 e. The number of hydrogen-bond acceptors (Lipinski definition) is 3. The molecule has 0 bridgehead atoms. The van der Waals surface area contributed by atoms with Gasteiger partial charge in [-0.05, 0) is 30.7 Å². The molecule has 0 aliphatic carbocycles. The molecule has 2 N–H and O–H groups in total. The first-order valence-electron chi connectivity index (χ1n) is 6.26. The van der Waals surface area contributed by atoms with Crippen LogP contribution in [0.4, 0.5) is 0 Å². The van der Waals surface area contributed by atoms with Gasteiger partial charge in [-0.2, -0.15) is 5.10 Å². The van der Waals surface area contributed by atoms with Gasteiger partial charge in [0.1, 0.15) is 0 Å². The highest BCUT2D eigenvalue weighted by atomic mass is 15.3. The molecule has 4 heteroatoms. The molecule has 4 nitrogen and oxygen atoms in total. The average Bonchev–Trinajstić information content (AvgIpc) is 2.76. The van der Waals surface area contributed by atoms with Crippen molar-refractivity contribution in [2.24, 2.45) is 12.8 Å². The summed E-state index contributed by atoms with van der Waals surface area (Å²) < 4.78 is 1.84. The van der Waals surface area contributed by atoms with E-state index in [-0.39, 0.29) is 6.04 Å². The van der Waals surface area contributed by atoms with Gasteiger partial charge in [-0.3, -0.25) is 9.67 Å². The summed E-state index contributed by atoms with van der Waals surface area (Å²) in [6.45, 7) is 1.97. The van der Waals surface area contributed by atoms with Crippen LogP contribution >= 0.6 is 0 Å². The van der Waals surface area contributed by atoms with Gasteiger partial charge in [0.25, 0.3) is 0 Å². The maximum absolute atomic E-state index is 6.41. The minimum absolute atomic E-state index is 0.195. The number of aromatic nitrogens is 3. The van der Waals surface area contributed by atoms with Crippen LogP contribution < -0.4 is 5.73 Å². The SMILES string of the molecule is Cc1cc(C(N)c2cccc3ncccc23)n(C)n1. The van der Waals surface area contributed by atoms with Crippen molar-refractivity contribution in [3.63, 3.8) is 0 Å². The third kappa shape index (κ3) is 2.00. The number of fused-ring (bicyclic) bond motifs is 1. The predicted molar refractivity (Wildman–Crippen MR) is 75.7 cm³/mol. The van der Waals surface area contributed by atoms with Crippen LogP contribution in [0.5, 0.6) is 0 Å². The number of benzene rings is 1. The van der Waals surface area contributed by atoms with Gasteiger partial charge >= 0.3 is 0 Å². The number of pyridine rings is 1. The first-order chi connectivity index (χ1) is 9.16. The Labute approximate surface area is 111 Å². The summed E-state index contributed by atoms with van der Waals surface area (Å²) >= 11 is 0. The average molecular weight is 252 g/mol. The predicted octanol–water partition coefficient (Wildman–Crippen LogP) is 2.32. The zero-order chi connectivity index (χ0) is 13.4. The van der Waals surface area contributed by atoms with Gasteiger partial charge in [-0.25, -0.2) is 0 Å². The Kier molecular flexibility index (Phi) is 2.80. The van der Waals surface area contributed by atoms with Crippen molar-refractivity contribution < 1.29 is 0 Å². The van der Waals surface area contributed by atoms with Crippen molar-refractivity contribution in [2.75, 3.05) is 0 Å². The van der Waals surface area contributed by atoms with Crippen LogP contribution in [0.3, 0.4) is 0 Å². The van der Waals surface area contributed by atoms with Gasteiger partial charge in [0, 0.05) is 18.6 Å². The van der Waals surface area contributed by atoms with E-state index in [1.54, 1.807) is 6.20 Å². The second-order valence-electron chi connectivity index (χ2n) is 4.73. The number of nitrogens with zero attached hydrogens (tertiary/aromatic N) is 3. The zero-order valence-corrected chi connectivity index (χ0v) is 11.0. The second kappa shape index (κ2) is 4.48. The molecule has 0 aliphatic rings. The number of rotatable bonds is 2. The highest BCUT2D eigenvalue weighted by molar-refractivity contribution is 5.82. The lowest BCUT2D eigenvalue weighted by Crippen LogP contribution is -2.16. The maximum atomic E-state index is 6.41. The fourth-order valence-corrected chi connectivity index (χ4v) is 2.48. The van der Waals surface area contributed by atoms with Crippen LogP contribution in [0, 0.1) is 6.92 Å². The van der Waals surface area contributed by atoms with E-state index >= 15 is 0 Å². The fourth-order valence-electron chi connectivity index (χ4n) is 2.48. The quantitative estimate of drug-likeness (QED) is 0.761. The van der Waals surface area contributed by atoms with Crippen molar-refractivity contribution in [3.05, 3.63) is 59.5 Å². The number of nitrogens with two attached hydrogens (primary N) is 1. The van der Waals surface area contributed by atoms with Crippen molar-refractivity contribution in [1.82, 2.24) is 14.8 Å². The van der Waals surface area contributed by atoms with Crippen LogP contribution in [0.2, 0.25) is 0 Å². The van der Waals surface area contributed by atoms with Gasteiger partial charge in [-0.1, -0.05) is 18.2 Å². The van der Waals surface area contributed by atoms with Crippen LogP contribution in [-0.2, 0) is 7.05 Å². The Morgan fingerprint density at radius 2 is 2.05 bits per heavy atom. The third-order valence-electron chi connectivity index (χ3n) is 3.37. The summed E-state index contributed by atoms with van der Waals surface area (Å²) in [5, 5.41) is 5.45. The van der Waals surface area contributed by atoms with Gasteiger partial charge < -0.3 is 5.73 Å². The van der Waals surface area contributed by atoms with Gasteiger partial charge in [0.05, 0.1) is 22.9 Å². The van der Waals surface area contributed by atoms with E-state index < -0.39 is 0 Å². The van der Waals surface area contributed by atoms with E-state index in [1.165, 1.54) is 0 Å². The lowest BCUT2D eigenvalue weighted by atomic mass is 9.99. The molecule has 0 saturated heterocycles. The summed E-state index contributed by atoms with van der Waals surface area (Å²) in [4.78, 5) is 4.37.